The second-order valence-electron chi connectivity index (χ2n) is 6.87. The van der Waals surface area contributed by atoms with E-state index < -0.39 is 12.3 Å². The first-order valence-electron chi connectivity index (χ1n) is 9.61. The van der Waals surface area contributed by atoms with Crippen molar-refractivity contribution >= 4 is 23.4 Å². The van der Waals surface area contributed by atoms with Gasteiger partial charge in [-0.2, -0.15) is 0 Å². The van der Waals surface area contributed by atoms with E-state index in [1.165, 1.54) is 4.90 Å². The summed E-state index contributed by atoms with van der Waals surface area (Å²) in [4.78, 5) is 31.6. The topological polar surface area (TPSA) is 71.0 Å². The van der Waals surface area contributed by atoms with Crippen molar-refractivity contribution in [3.8, 4) is 0 Å². The van der Waals surface area contributed by atoms with Crippen LogP contribution in [0.3, 0.4) is 0 Å². The molecule has 1 aliphatic rings. The van der Waals surface area contributed by atoms with Crippen molar-refractivity contribution in [3.05, 3.63) is 102 Å². The molecule has 6 nitrogen and oxygen atoms in total. The van der Waals surface area contributed by atoms with Gasteiger partial charge in [0.15, 0.2) is 0 Å². The first-order valence-corrected chi connectivity index (χ1v) is 9.61. The zero-order valence-electron chi connectivity index (χ0n) is 16.5. The van der Waals surface area contributed by atoms with Gasteiger partial charge in [-0.05, 0) is 11.6 Å². The highest BCUT2D eigenvalue weighted by Gasteiger charge is 2.31. The number of rotatable bonds is 4. The number of amides is 2. The zero-order valence-corrected chi connectivity index (χ0v) is 16.5. The van der Waals surface area contributed by atoms with Gasteiger partial charge in [-0.3, -0.25) is 10.1 Å². The Labute approximate surface area is 174 Å². The van der Waals surface area contributed by atoms with E-state index in [9.17, 15) is 9.59 Å². The maximum absolute atomic E-state index is 13.0. The molecule has 3 aromatic carbocycles. The number of aliphatic imine (C=N–C) groups is 1. The van der Waals surface area contributed by atoms with E-state index in [-0.39, 0.29) is 12.5 Å². The summed E-state index contributed by atoms with van der Waals surface area (Å²) in [5.74, 6) is -0.343. The molecule has 30 heavy (non-hydrogen) atoms. The van der Waals surface area contributed by atoms with Crippen LogP contribution in [-0.2, 0) is 16.1 Å². The van der Waals surface area contributed by atoms with Gasteiger partial charge >= 0.3 is 6.09 Å². The fourth-order valence-electron chi connectivity index (χ4n) is 3.32. The Hall–Kier alpha value is -3.93. The van der Waals surface area contributed by atoms with Gasteiger partial charge in [0.25, 0.3) is 5.91 Å². The van der Waals surface area contributed by atoms with E-state index >= 15 is 0 Å². The van der Waals surface area contributed by atoms with Gasteiger partial charge in [0, 0.05) is 18.2 Å². The normalized spacial score (nSPS) is 15.6. The molecule has 6 heteroatoms. The van der Waals surface area contributed by atoms with E-state index in [0.717, 1.165) is 22.4 Å². The number of ether oxygens (including phenoxy) is 1. The Kier molecular flexibility index (Phi) is 5.57. The van der Waals surface area contributed by atoms with Crippen LogP contribution in [0.25, 0.3) is 0 Å². The number of likely N-dealkylation sites (N-methyl/N-ethyl adjacent to an activating group) is 1. The van der Waals surface area contributed by atoms with Crippen LogP contribution in [0.5, 0.6) is 0 Å². The van der Waals surface area contributed by atoms with Crippen molar-refractivity contribution < 1.29 is 14.3 Å². The minimum atomic E-state index is -1.10. The van der Waals surface area contributed by atoms with Crippen LogP contribution >= 0.6 is 0 Å². The molecule has 0 bridgehead atoms. The summed E-state index contributed by atoms with van der Waals surface area (Å²) in [6, 6.07) is 26.5. The number of para-hydroxylation sites is 1. The third-order valence-corrected chi connectivity index (χ3v) is 4.86. The van der Waals surface area contributed by atoms with Crippen molar-refractivity contribution in [2.24, 2.45) is 4.99 Å². The summed E-state index contributed by atoms with van der Waals surface area (Å²) < 4.78 is 5.28. The number of alkyl carbamates (subject to hydrolysis) is 1. The molecular weight excluding hydrogens is 378 g/mol. The lowest BCUT2D eigenvalue weighted by molar-refractivity contribution is -0.120. The predicted octanol–water partition coefficient (Wildman–Crippen LogP) is 3.75. The van der Waals surface area contributed by atoms with Crippen molar-refractivity contribution in [2.75, 3.05) is 11.9 Å². The smallest absolute Gasteiger partial charge is 0.409 e. The largest absolute Gasteiger partial charge is 0.445 e. The molecule has 1 atom stereocenters. The number of fused-ring (bicyclic) bond motifs is 1. The Morgan fingerprint density at radius 3 is 2.33 bits per heavy atom. The molecule has 0 aromatic heterocycles. The molecule has 0 saturated carbocycles. The van der Waals surface area contributed by atoms with E-state index in [1.54, 1.807) is 7.05 Å². The number of carbonyl (C=O) groups is 2. The highest BCUT2D eigenvalue weighted by atomic mass is 16.5. The van der Waals surface area contributed by atoms with Crippen LogP contribution in [0.4, 0.5) is 10.5 Å². The Bertz CT molecular complexity index is 1080. The Morgan fingerprint density at radius 2 is 1.60 bits per heavy atom. The summed E-state index contributed by atoms with van der Waals surface area (Å²) >= 11 is 0. The first kappa shape index (κ1) is 19.4. The Morgan fingerprint density at radius 1 is 0.967 bits per heavy atom. The fraction of sp³-hybridized carbons (Fsp3) is 0.125. The fourth-order valence-corrected chi connectivity index (χ4v) is 3.32. The highest BCUT2D eigenvalue weighted by molar-refractivity contribution is 6.20. The second-order valence-corrected chi connectivity index (χ2v) is 6.87. The molecule has 1 N–H and O–H groups in total. The minimum Gasteiger partial charge on any atom is -0.445 e. The molecule has 1 aliphatic heterocycles. The third-order valence-electron chi connectivity index (χ3n) is 4.86. The monoisotopic (exact) mass is 399 g/mol. The molecule has 0 saturated heterocycles. The summed E-state index contributed by atoms with van der Waals surface area (Å²) in [6.07, 6.45) is -1.80. The van der Waals surface area contributed by atoms with Crippen LogP contribution in [0.2, 0.25) is 0 Å². The maximum Gasteiger partial charge on any atom is 0.409 e. The van der Waals surface area contributed by atoms with Crippen molar-refractivity contribution in [1.82, 2.24) is 5.32 Å². The molecule has 1 unspecified atom stereocenters. The van der Waals surface area contributed by atoms with Crippen LogP contribution in [0, 0.1) is 0 Å². The molecular formula is C24H21N3O3. The average molecular weight is 399 g/mol. The molecule has 150 valence electrons. The van der Waals surface area contributed by atoms with E-state index in [4.69, 9.17) is 4.74 Å². The molecule has 0 aliphatic carbocycles. The summed E-state index contributed by atoms with van der Waals surface area (Å²) in [5.41, 5.74) is 3.90. The highest BCUT2D eigenvalue weighted by Crippen LogP contribution is 2.27. The number of hydrogen-bond acceptors (Lipinski definition) is 4. The third kappa shape index (κ3) is 4.07. The zero-order chi connectivity index (χ0) is 20.9. The van der Waals surface area contributed by atoms with Crippen molar-refractivity contribution in [3.63, 3.8) is 0 Å². The molecule has 0 radical (unpaired) electrons. The summed E-state index contributed by atoms with van der Waals surface area (Å²) in [6.45, 7) is 0.110. The lowest BCUT2D eigenvalue weighted by Gasteiger charge is -2.20. The Balaban J connectivity index is 1.62. The summed E-state index contributed by atoms with van der Waals surface area (Å²) in [7, 11) is 1.68. The molecule has 0 fully saturated rings. The standard InChI is InChI=1S/C24H21N3O3/c1-27-20-15-9-8-14-19(20)21(18-12-6-3-7-13-18)25-22(23(27)28)26-24(29)30-16-17-10-4-2-5-11-17/h2-15,22H,16H2,1H3,(H,26,29). The maximum atomic E-state index is 13.0. The predicted molar refractivity (Wildman–Crippen MR) is 115 cm³/mol. The van der Waals surface area contributed by atoms with Gasteiger partial charge in [0.2, 0.25) is 6.17 Å². The van der Waals surface area contributed by atoms with Crippen LogP contribution in [0.15, 0.2) is 89.9 Å². The number of anilines is 1. The first-order chi connectivity index (χ1) is 14.6. The van der Waals surface area contributed by atoms with Crippen LogP contribution < -0.4 is 10.2 Å². The van der Waals surface area contributed by atoms with Crippen molar-refractivity contribution in [2.45, 2.75) is 12.8 Å². The van der Waals surface area contributed by atoms with Gasteiger partial charge < -0.3 is 9.64 Å². The molecule has 0 spiro atoms. The quantitative estimate of drug-likeness (QED) is 0.726. The number of benzodiazepines with no additional fused rings is 1. The molecule has 2 amide bonds. The van der Waals surface area contributed by atoms with Gasteiger partial charge in [0.05, 0.1) is 11.4 Å². The van der Waals surface area contributed by atoms with Crippen LogP contribution in [0.1, 0.15) is 16.7 Å². The SMILES string of the molecule is CN1C(=O)C(NC(=O)OCc2ccccc2)N=C(c2ccccc2)c2ccccc21. The van der Waals surface area contributed by atoms with E-state index in [1.807, 2.05) is 84.9 Å². The molecule has 1 heterocycles. The van der Waals surface area contributed by atoms with Gasteiger partial charge in [0.1, 0.15) is 6.61 Å². The van der Waals surface area contributed by atoms with Crippen LogP contribution in [-0.4, -0.2) is 30.9 Å². The number of nitrogens with zero attached hydrogens (tertiary/aromatic N) is 2. The summed E-state index contributed by atoms with van der Waals surface area (Å²) in [5, 5.41) is 2.60. The van der Waals surface area contributed by atoms with Gasteiger partial charge in [-0.25, -0.2) is 9.79 Å². The number of nitrogens with one attached hydrogen (secondary N) is 1. The molecule has 3 aromatic rings. The minimum absolute atomic E-state index is 0.110. The molecule has 4 rings (SSSR count). The van der Waals surface area contributed by atoms with Gasteiger partial charge in [-0.1, -0.05) is 78.9 Å². The number of benzene rings is 3. The lowest BCUT2D eigenvalue weighted by Crippen LogP contribution is -2.46. The average Bonchev–Trinajstić information content (AvgIpc) is 2.90. The number of carbonyl (C=O) groups excluding carboxylic acids is 2. The van der Waals surface area contributed by atoms with E-state index in [0.29, 0.717) is 5.71 Å². The van der Waals surface area contributed by atoms with Gasteiger partial charge in [-0.15, -0.1) is 0 Å². The second kappa shape index (κ2) is 8.61. The lowest BCUT2D eigenvalue weighted by atomic mass is 10.0. The van der Waals surface area contributed by atoms with Crippen molar-refractivity contribution in [1.29, 1.82) is 0 Å². The number of hydrogen-bond donors (Lipinski definition) is 1. The van der Waals surface area contributed by atoms with E-state index in [2.05, 4.69) is 10.3 Å².